The second-order valence-electron chi connectivity index (χ2n) is 7.80. The zero-order valence-electron chi connectivity index (χ0n) is 18.3. The highest BCUT2D eigenvalue weighted by Crippen LogP contribution is 2.23. The molecule has 2 N–H and O–H groups in total. The first kappa shape index (κ1) is 22.6. The molecule has 0 heterocycles. The molecule has 0 aliphatic rings. The molecule has 0 bridgehead atoms. The fourth-order valence-corrected chi connectivity index (χ4v) is 4.73. The highest BCUT2D eigenvalue weighted by Gasteiger charge is 2.21. The van der Waals surface area contributed by atoms with Crippen molar-refractivity contribution in [1.82, 2.24) is 5.32 Å². The van der Waals surface area contributed by atoms with Crippen molar-refractivity contribution in [3.8, 4) is 0 Å². The predicted octanol–water partition coefficient (Wildman–Crippen LogP) is 5.29. The lowest BCUT2D eigenvalue weighted by Gasteiger charge is -2.18. The molecule has 0 aliphatic carbocycles. The standard InChI is InChI=1S/C25H28N2O3S/c1-5-23(20-12-9-17(2)10-13-20)26-25(28)21-14-11-19(4)24(16-21)31(29,30)27-22-8-6-7-18(3)15-22/h6-16,23,27H,5H2,1-4H3,(H,26,28). The normalized spacial score (nSPS) is 12.3. The molecular formula is C25H28N2O3S. The SMILES string of the molecule is CCC(NC(=O)c1ccc(C)c(S(=O)(=O)Nc2cccc(C)c2)c1)c1ccc(C)cc1. The Morgan fingerprint density at radius 2 is 1.61 bits per heavy atom. The van der Waals surface area contributed by atoms with E-state index in [4.69, 9.17) is 0 Å². The van der Waals surface area contributed by atoms with Crippen LogP contribution in [0, 0.1) is 20.8 Å². The number of carbonyl (C=O) groups is 1. The first-order valence-corrected chi connectivity index (χ1v) is 11.8. The van der Waals surface area contributed by atoms with Gasteiger partial charge in [0.15, 0.2) is 0 Å². The van der Waals surface area contributed by atoms with E-state index in [0.29, 0.717) is 16.8 Å². The number of rotatable bonds is 7. The minimum absolute atomic E-state index is 0.0880. The van der Waals surface area contributed by atoms with Gasteiger partial charge in [0.05, 0.1) is 10.9 Å². The Bertz CT molecular complexity index is 1190. The van der Waals surface area contributed by atoms with Crippen molar-refractivity contribution in [3.63, 3.8) is 0 Å². The molecule has 3 aromatic rings. The number of carbonyl (C=O) groups excluding carboxylic acids is 1. The molecule has 31 heavy (non-hydrogen) atoms. The molecule has 6 heteroatoms. The van der Waals surface area contributed by atoms with E-state index in [1.807, 2.05) is 51.1 Å². The van der Waals surface area contributed by atoms with E-state index in [1.54, 1.807) is 37.3 Å². The largest absolute Gasteiger partial charge is 0.345 e. The third-order valence-corrected chi connectivity index (χ3v) is 6.73. The van der Waals surface area contributed by atoms with E-state index in [9.17, 15) is 13.2 Å². The third kappa shape index (κ3) is 5.52. The molecular weight excluding hydrogens is 408 g/mol. The molecule has 162 valence electrons. The van der Waals surface area contributed by atoms with Crippen LogP contribution in [0.4, 0.5) is 5.69 Å². The summed E-state index contributed by atoms with van der Waals surface area (Å²) in [5, 5.41) is 3.02. The lowest BCUT2D eigenvalue weighted by molar-refractivity contribution is 0.0935. The molecule has 1 atom stereocenters. The minimum Gasteiger partial charge on any atom is -0.345 e. The number of benzene rings is 3. The Morgan fingerprint density at radius 3 is 2.26 bits per heavy atom. The topological polar surface area (TPSA) is 75.3 Å². The van der Waals surface area contributed by atoms with Gasteiger partial charge in [0.2, 0.25) is 0 Å². The van der Waals surface area contributed by atoms with E-state index >= 15 is 0 Å². The van der Waals surface area contributed by atoms with Crippen molar-refractivity contribution in [2.75, 3.05) is 4.72 Å². The molecule has 0 saturated carbocycles. The van der Waals surface area contributed by atoms with E-state index in [2.05, 4.69) is 10.0 Å². The zero-order chi connectivity index (χ0) is 22.6. The van der Waals surface area contributed by atoms with Crippen molar-refractivity contribution < 1.29 is 13.2 Å². The van der Waals surface area contributed by atoms with Crippen LogP contribution in [-0.4, -0.2) is 14.3 Å². The van der Waals surface area contributed by atoms with Crippen LogP contribution in [0.2, 0.25) is 0 Å². The molecule has 1 unspecified atom stereocenters. The second kappa shape index (κ2) is 9.35. The average Bonchev–Trinajstić information content (AvgIpc) is 2.72. The van der Waals surface area contributed by atoms with Crippen molar-refractivity contribution in [2.45, 2.75) is 45.1 Å². The van der Waals surface area contributed by atoms with Crippen LogP contribution in [0.5, 0.6) is 0 Å². The van der Waals surface area contributed by atoms with Gasteiger partial charge in [-0.15, -0.1) is 0 Å². The van der Waals surface area contributed by atoms with Crippen LogP contribution in [0.15, 0.2) is 71.6 Å². The highest BCUT2D eigenvalue weighted by atomic mass is 32.2. The second-order valence-corrected chi connectivity index (χ2v) is 9.45. The van der Waals surface area contributed by atoms with Crippen LogP contribution in [0.3, 0.4) is 0 Å². The summed E-state index contributed by atoms with van der Waals surface area (Å²) in [6.45, 7) is 7.63. The van der Waals surface area contributed by atoms with Gasteiger partial charge in [-0.25, -0.2) is 8.42 Å². The quantitative estimate of drug-likeness (QED) is 0.528. The lowest BCUT2D eigenvalue weighted by atomic mass is 10.0. The van der Waals surface area contributed by atoms with Gasteiger partial charge in [0.1, 0.15) is 0 Å². The van der Waals surface area contributed by atoms with Gasteiger partial charge in [0, 0.05) is 11.3 Å². The van der Waals surface area contributed by atoms with Gasteiger partial charge in [0.25, 0.3) is 15.9 Å². The number of sulfonamides is 1. The number of anilines is 1. The first-order chi connectivity index (χ1) is 14.7. The lowest BCUT2D eigenvalue weighted by Crippen LogP contribution is -2.28. The molecule has 0 aliphatic heterocycles. The summed E-state index contributed by atoms with van der Waals surface area (Å²) in [6.07, 6.45) is 0.723. The van der Waals surface area contributed by atoms with Gasteiger partial charge in [-0.1, -0.05) is 55.0 Å². The maximum atomic E-state index is 13.0. The Balaban J connectivity index is 1.85. The van der Waals surface area contributed by atoms with Crippen LogP contribution < -0.4 is 10.0 Å². The smallest absolute Gasteiger partial charge is 0.262 e. The van der Waals surface area contributed by atoms with Gasteiger partial charge >= 0.3 is 0 Å². The van der Waals surface area contributed by atoms with E-state index in [0.717, 1.165) is 23.1 Å². The molecule has 0 saturated heterocycles. The van der Waals surface area contributed by atoms with E-state index in [-0.39, 0.29) is 16.8 Å². The zero-order valence-corrected chi connectivity index (χ0v) is 19.1. The number of hydrogen-bond acceptors (Lipinski definition) is 3. The molecule has 3 rings (SSSR count). The monoisotopic (exact) mass is 436 g/mol. The number of hydrogen-bond donors (Lipinski definition) is 2. The molecule has 3 aromatic carbocycles. The Hall–Kier alpha value is -3.12. The summed E-state index contributed by atoms with van der Waals surface area (Å²) in [6, 6.07) is 19.8. The fourth-order valence-electron chi connectivity index (χ4n) is 3.41. The Kier molecular flexibility index (Phi) is 6.81. The van der Waals surface area contributed by atoms with Gasteiger partial charge in [-0.05, 0) is 68.1 Å². The molecule has 5 nitrogen and oxygen atoms in total. The van der Waals surface area contributed by atoms with Crippen LogP contribution in [0.25, 0.3) is 0 Å². The highest BCUT2D eigenvalue weighted by molar-refractivity contribution is 7.92. The van der Waals surface area contributed by atoms with Crippen LogP contribution >= 0.6 is 0 Å². The molecule has 1 amide bonds. The molecule has 0 radical (unpaired) electrons. The van der Waals surface area contributed by atoms with E-state index in [1.165, 1.54) is 6.07 Å². The van der Waals surface area contributed by atoms with Crippen molar-refractivity contribution in [3.05, 3.63) is 94.5 Å². The van der Waals surface area contributed by atoms with E-state index < -0.39 is 10.0 Å². The van der Waals surface area contributed by atoms with Crippen molar-refractivity contribution >= 4 is 21.6 Å². The molecule has 0 spiro atoms. The minimum atomic E-state index is -3.84. The third-order valence-electron chi connectivity index (χ3n) is 5.20. The summed E-state index contributed by atoms with van der Waals surface area (Å²) >= 11 is 0. The van der Waals surface area contributed by atoms with Crippen molar-refractivity contribution in [1.29, 1.82) is 0 Å². The maximum absolute atomic E-state index is 13.0. The summed E-state index contributed by atoms with van der Waals surface area (Å²) < 4.78 is 28.6. The number of amides is 1. The maximum Gasteiger partial charge on any atom is 0.262 e. The average molecular weight is 437 g/mol. The summed E-state index contributed by atoms with van der Waals surface area (Å²) in [4.78, 5) is 13.0. The van der Waals surface area contributed by atoms with Gasteiger partial charge < -0.3 is 5.32 Å². The van der Waals surface area contributed by atoms with Gasteiger partial charge in [-0.2, -0.15) is 0 Å². The first-order valence-electron chi connectivity index (χ1n) is 10.3. The number of nitrogens with one attached hydrogen (secondary N) is 2. The molecule has 0 aromatic heterocycles. The summed E-state index contributed by atoms with van der Waals surface area (Å²) in [5.74, 6) is -0.306. The summed E-state index contributed by atoms with van der Waals surface area (Å²) in [7, 11) is -3.84. The van der Waals surface area contributed by atoms with Crippen molar-refractivity contribution in [2.24, 2.45) is 0 Å². The predicted molar refractivity (Wildman–Crippen MR) is 125 cm³/mol. The number of aryl methyl sites for hydroxylation is 3. The Morgan fingerprint density at radius 1 is 0.903 bits per heavy atom. The molecule has 0 fully saturated rings. The van der Waals surface area contributed by atoms with Gasteiger partial charge in [-0.3, -0.25) is 9.52 Å². The Labute approximate surface area is 184 Å². The van der Waals surface area contributed by atoms with Crippen LogP contribution in [0.1, 0.15) is 52.0 Å². The summed E-state index contributed by atoms with van der Waals surface area (Å²) in [5.41, 5.74) is 4.48. The van der Waals surface area contributed by atoms with Crippen LogP contribution in [-0.2, 0) is 10.0 Å². The fraction of sp³-hybridized carbons (Fsp3) is 0.240.